The molecule has 26 heteroatoms. The Morgan fingerprint density at radius 2 is 1.19 bits per heavy atom. The van der Waals surface area contributed by atoms with Gasteiger partial charge >= 0.3 is 11.9 Å². The third-order valence-electron chi connectivity index (χ3n) is 23.0. The number of rotatable bonds is 21. The van der Waals surface area contributed by atoms with Crippen LogP contribution in [-0.2, 0) is 80.6 Å². The Kier molecular flexibility index (Phi) is 22.8. The summed E-state index contributed by atoms with van der Waals surface area (Å²) in [5.41, 5.74) is -6.25. The van der Waals surface area contributed by atoms with E-state index in [0.717, 1.165) is 11.1 Å². The highest BCUT2D eigenvalue weighted by atomic mass is 16.8. The van der Waals surface area contributed by atoms with Gasteiger partial charge in [0.1, 0.15) is 77.8 Å². The molecule has 0 spiro atoms. The molecule has 0 amide bonds. The Morgan fingerprint density at radius 3 is 1.70 bits per heavy atom. The number of aromatic nitrogens is 1. The molecule has 30 atom stereocenters. The number of hydrogen-bond acceptors (Lipinski definition) is 26. The number of aliphatic hydroxyl groups is 7. The van der Waals surface area contributed by atoms with Gasteiger partial charge in [-0.05, 0) is 109 Å². The van der Waals surface area contributed by atoms with Gasteiger partial charge in [0, 0.05) is 78.5 Å². The number of carbonyl (C=O) groups excluding carboxylic acids is 2. The van der Waals surface area contributed by atoms with Crippen LogP contribution < -0.4 is 0 Å². The van der Waals surface area contributed by atoms with E-state index in [9.17, 15) is 45.3 Å². The molecule has 0 radical (unpaired) electrons. The first-order chi connectivity index (χ1) is 45.8. The maximum Gasteiger partial charge on any atom is 0.340 e. The van der Waals surface area contributed by atoms with Gasteiger partial charge in [-0.25, -0.2) is 9.59 Å². The van der Waals surface area contributed by atoms with Crippen LogP contribution in [0.4, 0.5) is 0 Å². The van der Waals surface area contributed by atoms with Gasteiger partial charge in [-0.15, -0.1) is 0 Å². The molecule has 96 heavy (non-hydrogen) atoms. The molecule has 4 aliphatic carbocycles. The molecule has 1 aromatic heterocycles. The Morgan fingerprint density at radius 1 is 0.656 bits per heavy atom. The van der Waals surface area contributed by atoms with E-state index in [1.165, 1.54) is 25.6 Å². The smallest absolute Gasteiger partial charge is 0.340 e. The second kappa shape index (κ2) is 29.9. The minimum atomic E-state index is -2.03. The highest BCUT2D eigenvalue weighted by molar-refractivity contribution is 5.89. The molecule has 536 valence electrons. The van der Waals surface area contributed by atoms with Crippen LogP contribution >= 0.6 is 0 Å². The van der Waals surface area contributed by atoms with E-state index in [0.29, 0.717) is 38.5 Å². The molecule has 0 unspecified atom stereocenters. The van der Waals surface area contributed by atoms with Gasteiger partial charge in [-0.2, -0.15) is 0 Å². The van der Waals surface area contributed by atoms with Gasteiger partial charge in [-0.3, -0.25) is 4.98 Å². The van der Waals surface area contributed by atoms with Crippen molar-refractivity contribution >= 4 is 18.0 Å². The summed E-state index contributed by atoms with van der Waals surface area (Å²) >= 11 is 0. The van der Waals surface area contributed by atoms with Crippen LogP contribution in [0, 0.1) is 16.7 Å². The van der Waals surface area contributed by atoms with Crippen LogP contribution in [0.25, 0.3) is 6.08 Å². The molecule has 0 bridgehead atoms. The van der Waals surface area contributed by atoms with Crippen molar-refractivity contribution < 1.29 is 121 Å². The lowest BCUT2D eigenvalue weighted by molar-refractivity contribution is -0.359. The SMILES string of the molecule is CO[C@H]1C[C@H](O[C@H]2CC[C@@]3(C)C(=CC[C@]4(O)[C@@H]3C[C@@H](OC(=O)/C=C/c3ccccc3)[C@@]3(C)[C@]4(O)CC[C@@]3(O)[C@H](C)OC(=O)c3cccnc3)C2)O[C@H](C)[C@H]1O[C@H]1C[C@H](OC)[C@H](O[C@H]2C[C@@H](OC)[C@H](O[C@H]3C[C@@H](OC)[C@H](O[C@@H]4O[C@H](CO)[C@@H](O)[C@H](O)[C@H]4O)[C@@H](C)O3)[C@@H](C)O2)[C@@H](C)O1. The first kappa shape index (κ1) is 73.2. The summed E-state index contributed by atoms with van der Waals surface area (Å²) in [6.07, 6.45) is -8.95. The summed E-state index contributed by atoms with van der Waals surface area (Å²) in [7, 11) is 6.34. The van der Waals surface area contributed by atoms with E-state index in [1.807, 2.05) is 57.2 Å². The second-order valence-electron chi connectivity index (χ2n) is 28.2. The van der Waals surface area contributed by atoms with E-state index in [1.54, 1.807) is 60.3 Å². The Labute approximate surface area is 561 Å². The van der Waals surface area contributed by atoms with Crippen LogP contribution in [0.2, 0.25) is 0 Å². The van der Waals surface area contributed by atoms with Crippen molar-refractivity contribution in [1.29, 1.82) is 0 Å². The van der Waals surface area contributed by atoms with Crippen molar-refractivity contribution in [3.05, 3.63) is 83.7 Å². The van der Waals surface area contributed by atoms with Crippen LogP contribution in [-0.4, -0.2) is 252 Å². The molecule has 1 aromatic carbocycles. The van der Waals surface area contributed by atoms with Crippen LogP contribution in [0.1, 0.15) is 135 Å². The third kappa shape index (κ3) is 13.8. The number of fused-ring (bicyclic) bond motifs is 5. The molecule has 9 aliphatic rings. The molecule has 7 N–H and O–H groups in total. The van der Waals surface area contributed by atoms with Gasteiger partial charge in [0.05, 0.1) is 72.5 Å². The number of carbonyl (C=O) groups is 2. The second-order valence-corrected chi connectivity index (χ2v) is 28.2. The Hall–Kier alpha value is -4.05. The molecule has 11 rings (SSSR count). The number of hydrogen-bond donors (Lipinski definition) is 7. The standard InChI is InChI=1S/C70H101NO25/c1-36-60(93-54-30-46(82-9)61(37(2)86-54)94-55-31-47(83-10)62(38(3)87-55)95-56-32-48(84-11)63(39(4)88-56)96-65-59(76)58(75)57(74)49(35-72)91-65)45(81-8)29-53(85-36)90-44-22-23-66(6)43(28-44)21-24-69(79)50(66)33-51(92-52(73)20-19-41-16-13-12-14-17-41)67(7)68(78,25-26-70(67,69)80)40(5)89-64(77)42-18-15-27-71-34-42/h12-21,27,34,36-40,44-51,53-63,65,72,74-76,78-80H,22-26,28-33,35H2,1-11H3/b20-19+/t36-,37-,38-,39-,40+,44+,45+,46+,47-,48-,49-,50-,51-,53+,54+,55+,56+,57-,58+,59-,60-,61-,62-,63-,65+,66+,67-,68-,69+,70-/m1/s1. The van der Waals surface area contributed by atoms with Crippen LogP contribution in [0.15, 0.2) is 72.6 Å². The largest absolute Gasteiger partial charge is 0.458 e. The monoisotopic (exact) mass is 1360 g/mol. The molecule has 5 aliphatic heterocycles. The lowest BCUT2D eigenvalue weighted by atomic mass is 9.42. The van der Waals surface area contributed by atoms with Crippen molar-refractivity contribution in [3.63, 3.8) is 0 Å². The molecule has 2 aromatic rings. The highest BCUT2D eigenvalue weighted by Crippen LogP contribution is 2.71. The Balaban J connectivity index is 0.694. The van der Waals surface area contributed by atoms with Gasteiger partial charge in [0.2, 0.25) is 0 Å². The highest BCUT2D eigenvalue weighted by Gasteiger charge is 2.81. The minimum Gasteiger partial charge on any atom is -0.458 e. The van der Waals surface area contributed by atoms with E-state index in [-0.39, 0.29) is 43.8 Å². The lowest BCUT2D eigenvalue weighted by Crippen LogP contribution is -2.78. The first-order valence-corrected chi connectivity index (χ1v) is 34.0. The quantitative estimate of drug-likeness (QED) is 0.0525. The van der Waals surface area contributed by atoms with Gasteiger partial charge < -0.3 is 112 Å². The van der Waals surface area contributed by atoms with Gasteiger partial charge in [0.25, 0.3) is 0 Å². The number of pyridine rings is 1. The number of aliphatic hydroxyl groups excluding tert-OH is 4. The fraction of sp³-hybridized carbons (Fsp3) is 0.757. The zero-order valence-corrected chi connectivity index (χ0v) is 56.8. The predicted octanol–water partition coefficient (Wildman–Crippen LogP) is 4.11. The lowest BCUT2D eigenvalue weighted by Gasteiger charge is -2.67. The van der Waals surface area contributed by atoms with Crippen molar-refractivity contribution in [3.8, 4) is 0 Å². The van der Waals surface area contributed by atoms with E-state index in [4.69, 9.17) is 75.8 Å². The summed E-state index contributed by atoms with van der Waals surface area (Å²) in [5.74, 6) is -2.05. The molecule has 6 heterocycles. The van der Waals surface area contributed by atoms with Crippen molar-refractivity contribution in [2.75, 3.05) is 35.0 Å². The average molecular weight is 1360 g/mol. The fourth-order valence-electron chi connectivity index (χ4n) is 17.4. The third-order valence-corrected chi connectivity index (χ3v) is 23.0. The first-order valence-electron chi connectivity index (χ1n) is 34.0. The normalized spacial score (nSPS) is 46.0. The minimum absolute atomic E-state index is 0.0458. The molecule has 3 saturated carbocycles. The zero-order valence-electron chi connectivity index (χ0n) is 56.8. The van der Waals surface area contributed by atoms with E-state index in [2.05, 4.69) is 11.9 Å². The zero-order chi connectivity index (χ0) is 68.8. The van der Waals surface area contributed by atoms with Crippen molar-refractivity contribution in [2.24, 2.45) is 16.7 Å². The topological polar surface area (TPSA) is 336 Å². The molecular weight excluding hydrogens is 1250 g/mol. The van der Waals surface area contributed by atoms with Crippen LogP contribution in [0.3, 0.4) is 0 Å². The number of esters is 2. The maximum absolute atomic E-state index is 14.0. The number of ether oxygens (including phenoxy) is 16. The number of methoxy groups -OCH3 is 4. The molecule has 8 fully saturated rings. The fourth-order valence-corrected chi connectivity index (χ4v) is 17.4. The molecule has 5 saturated heterocycles. The van der Waals surface area contributed by atoms with Crippen molar-refractivity contribution in [2.45, 2.75) is 283 Å². The van der Waals surface area contributed by atoms with Crippen molar-refractivity contribution in [1.82, 2.24) is 4.98 Å². The maximum atomic E-state index is 14.0. The number of nitrogens with zero attached hydrogens (tertiary/aromatic N) is 1. The average Bonchev–Trinajstić information content (AvgIpc) is 1.38. The van der Waals surface area contributed by atoms with Gasteiger partial charge in [0.15, 0.2) is 31.5 Å². The van der Waals surface area contributed by atoms with E-state index >= 15 is 0 Å². The molecular formula is C70H101NO25. The Bertz CT molecular complexity index is 2990. The summed E-state index contributed by atoms with van der Waals surface area (Å²) < 4.78 is 101. The van der Waals surface area contributed by atoms with Crippen LogP contribution in [0.5, 0.6) is 0 Å². The number of benzene rings is 1. The summed E-state index contributed by atoms with van der Waals surface area (Å²) in [4.78, 5) is 31.6. The summed E-state index contributed by atoms with van der Waals surface area (Å²) in [6, 6.07) is 12.4. The summed E-state index contributed by atoms with van der Waals surface area (Å²) in [6.45, 7) is 12.1. The molecule has 26 nitrogen and oxygen atoms in total. The summed E-state index contributed by atoms with van der Waals surface area (Å²) in [5, 5.41) is 80.9. The predicted molar refractivity (Wildman–Crippen MR) is 337 cm³/mol. The van der Waals surface area contributed by atoms with E-state index < -0.39 is 193 Å². The van der Waals surface area contributed by atoms with Gasteiger partial charge in [-0.1, -0.05) is 55.8 Å².